The Labute approximate surface area is 115 Å². The third-order valence-corrected chi connectivity index (χ3v) is 4.08. The molecule has 1 saturated carbocycles. The van der Waals surface area contributed by atoms with E-state index in [-0.39, 0.29) is 12.1 Å². The molecule has 2 amide bonds. The lowest BCUT2D eigenvalue weighted by atomic mass is 9.96. The van der Waals surface area contributed by atoms with Crippen LogP contribution in [0.4, 0.5) is 4.79 Å². The maximum atomic E-state index is 11.9. The molecule has 5 nitrogen and oxygen atoms in total. The first-order valence-corrected chi connectivity index (χ1v) is 7.21. The molecule has 1 fully saturated rings. The first kappa shape index (κ1) is 15.8. The Hall–Kier alpha value is -1.26. The number of nitrogens with one attached hydrogen (secondary N) is 2. The number of carboxylic acid groups (broad SMARTS) is 1. The first-order chi connectivity index (χ1) is 8.89. The molecule has 0 saturated heterocycles. The number of urea groups is 1. The van der Waals surface area contributed by atoms with E-state index in [9.17, 15) is 14.7 Å². The average molecular weight is 270 g/mol. The normalized spacial score (nSPS) is 20.6. The van der Waals surface area contributed by atoms with Gasteiger partial charge in [-0.2, -0.15) is 0 Å². The molecule has 0 spiro atoms. The van der Waals surface area contributed by atoms with Gasteiger partial charge in [0.15, 0.2) is 0 Å². The second kappa shape index (κ2) is 6.78. The average Bonchev–Trinajstić information content (AvgIpc) is 2.81. The van der Waals surface area contributed by atoms with Crippen LogP contribution in [0.5, 0.6) is 0 Å². The first-order valence-electron chi connectivity index (χ1n) is 7.21. The van der Waals surface area contributed by atoms with Crippen molar-refractivity contribution in [3.05, 3.63) is 0 Å². The van der Waals surface area contributed by atoms with E-state index in [0.29, 0.717) is 18.8 Å². The molecule has 110 valence electrons. The molecule has 1 aliphatic carbocycles. The zero-order chi connectivity index (χ0) is 14.5. The summed E-state index contributed by atoms with van der Waals surface area (Å²) in [7, 11) is 0. The van der Waals surface area contributed by atoms with E-state index in [4.69, 9.17) is 0 Å². The Morgan fingerprint density at radius 2 is 1.95 bits per heavy atom. The van der Waals surface area contributed by atoms with Crippen LogP contribution in [0.1, 0.15) is 59.3 Å². The Bertz CT molecular complexity index is 327. The smallest absolute Gasteiger partial charge is 0.329 e. The van der Waals surface area contributed by atoms with Gasteiger partial charge in [-0.15, -0.1) is 0 Å². The van der Waals surface area contributed by atoms with E-state index in [1.165, 1.54) is 12.8 Å². The minimum atomic E-state index is -1.19. The molecule has 19 heavy (non-hydrogen) atoms. The van der Waals surface area contributed by atoms with E-state index in [1.54, 1.807) is 6.92 Å². The van der Waals surface area contributed by atoms with Gasteiger partial charge in [0.25, 0.3) is 0 Å². The molecule has 2 atom stereocenters. The summed E-state index contributed by atoms with van der Waals surface area (Å²) in [5.41, 5.74) is -1.19. The fraction of sp³-hybridized carbons (Fsp3) is 0.857. The van der Waals surface area contributed by atoms with Gasteiger partial charge < -0.3 is 15.7 Å². The largest absolute Gasteiger partial charge is 0.480 e. The van der Waals surface area contributed by atoms with Crippen LogP contribution in [0.2, 0.25) is 0 Å². The van der Waals surface area contributed by atoms with Gasteiger partial charge in [-0.05, 0) is 39.0 Å². The number of carboxylic acids is 1. The molecule has 0 radical (unpaired) electrons. The number of hydrogen-bond donors (Lipinski definition) is 3. The highest BCUT2D eigenvalue weighted by atomic mass is 16.4. The minimum absolute atomic E-state index is 0.0992. The molecule has 0 aliphatic heterocycles. The van der Waals surface area contributed by atoms with E-state index in [1.807, 2.05) is 13.8 Å². The number of rotatable bonds is 6. The summed E-state index contributed by atoms with van der Waals surface area (Å²) in [5.74, 6) is -0.467. The molecule has 0 bridgehead atoms. The highest BCUT2D eigenvalue weighted by Gasteiger charge is 2.34. The molecule has 1 aliphatic rings. The lowest BCUT2D eigenvalue weighted by Gasteiger charge is -2.28. The molecular weight excluding hydrogens is 244 g/mol. The van der Waals surface area contributed by atoms with Crippen LogP contribution in [0, 0.1) is 5.92 Å². The monoisotopic (exact) mass is 270 g/mol. The zero-order valence-corrected chi connectivity index (χ0v) is 12.2. The predicted octanol–water partition coefficient (Wildman–Crippen LogP) is 2.51. The predicted molar refractivity (Wildman–Crippen MR) is 74.0 cm³/mol. The van der Waals surface area contributed by atoms with Crippen molar-refractivity contribution in [3.8, 4) is 0 Å². The molecule has 5 heteroatoms. The van der Waals surface area contributed by atoms with Crippen LogP contribution < -0.4 is 10.6 Å². The van der Waals surface area contributed by atoms with Crippen molar-refractivity contribution in [2.75, 3.05) is 0 Å². The second-order valence-electron chi connectivity index (χ2n) is 5.82. The topological polar surface area (TPSA) is 78.4 Å². The number of aliphatic carboxylic acids is 1. The Morgan fingerprint density at radius 3 is 2.42 bits per heavy atom. The quantitative estimate of drug-likeness (QED) is 0.694. The van der Waals surface area contributed by atoms with Gasteiger partial charge in [0.05, 0.1) is 0 Å². The molecule has 0 aromatic rings. The van der Waals surface area contributed by atoms with Crippen molar-refractivity contribution >= 4 is 12.0 Å². The third-order valence-electron chi connectivity index (χ3n) is 4.08. The molecule has 0 aromatic carbocycles. The van der Waals surface area contributed by atoms with Gasteiger partial charge >= 0.3 is 12.0 Å². The van der Waals surface area contributed by atoms with E-state index in [2.05, 4.69) is 10.6 Å². The fourth-order valence-corrected chi connectivity index (χ4v) is 2.79. The summed E-state index contributed by atoms with van der Waals surface area (Å²) in [4.78, 5) is 23.2. The lowest BCUT2D eigenvalue weighted by Crippen LogP contribution is -2.56. The van der Waals surface area contributed by atoms with Crippen LogP contribution in [0.15, 0.2) is 0 Å². The number of amides is 2. The van der Waals surface area contributed by atoms with Crippen LogP contribution in [0.3, 0.4) is 0 Å². The number of hydrogen-bond acceptors (Lipinski definition) is 2. The third kappa shape index (κ3) is 4.40. The van der Waals surface area contributed by atoms with E-state index < -0.39 is 11.5 Å². The number of carbonyl (C=O) groups is 2. The Kier molecular flexibility index (Phi) is 5.63. The zero-order valence-electron chi connectivity index (χ0n) is 12.2. The van der Waals surface area contributed by atoms with Crippen LogP contribution in [0.25, 0.3) is 0 Å². The Morgan fingerprint density at radius 1 is 1.37 bits per heavy atom. The summed E-state index contributed by atoms with van der Waals surface area (Å²) >= 11 is 0. The summed E-state index contributed by atoms with van der Waals surface area (Å²) < 4.78 is 0. The van der Waals surface area contributed by atoms with Crippen molar-refractivity contribution in [3.63, 3.8) is 0 Å². The molecule has 1 rings (SSSR count). The lowest BCUT2D eigenvalue weighted by molar-refractivity contribution is -0.144. The number of carbonyl (C=O) groups excluding carboxylic acids is 1. The molecule has 0 heterocycles. The highest BCUT2D eigenvalue weighted by molar-refractivity contribution is 5.85. The summed E-state index contributed by atoms with van der Waals surface area (Å²) in [6.45, 7) is 5.45. The van der Waals surface area contributed by atoms with Gasteiger partial charge in [0.1, 0.15) is 5.54 Å². The minimum Gasteiger partial charge on any atom is -0.480 e. The van der Waals surface area contributed by atoms with E-state index in [0.717, 1.165) is 12.8 Å². The summed E-state index contributed by atoms with van der Waals surface area (Å²) in [6, 6.07) is -0.278. The van der Waals surface area contributed by atoms with Gasteiger partial charge in [-0.25, -0.2) is 9.59 Å². The van der Waals surface area contributed by atoms with Crippen LogP contribution in [-0.4, -0.2) is 28.7 Å². The van der Waals surface area contributed by atoms with Crippen molar-refractivity contribution in [2.45, 2.75) is 70.9 Å². The van der Waals surface area contributed by atoms with Crippen molar-refractivity contribution < 1.29 is 14.7 Å². The Balaban J connectivity index is 2.50. The van der Waals surface area contributed by atoms with Crippen LogP contribution in [-0.2, 0) is 4.79 Å². The highest BCUT2D eigenvalue weighted by Crippen LogP contribution is 2.27. The maximum Gasteiger partial charge on any atom is 0.329 e. The molecule has 0 aromatic heterocycles. The second-order valence-corrected chi connectivity index (χ2v) is 5.82. The maximum absolute atomic E-state index is 11.9. The van der Waals surface area contributed by atoms with Gasteiger partial charge in [-0.3, -0.25) is 0 Å². The SMILES string of the molecule is CCCC(C)(NC(=O)NC(C)C1CCCC1)C(=O)O. The van der Waals surface area contributed by atoms with Crippen molar-refractivity contribution in [1.29, 1.82) is 0 Å². The summed E-state index contributed by atoms with van der Waals surface area (Å²) in [5, 5.41) is 14.7. The summed E-state index contributed by atoms with van der Waals surface area (Å²) in [6.07, 6.45) is 5.87. The molecule has 3 N–H and O–H groups in total. The van der Waals surface area contributed by atoms with Crippen LogP contribution >= 0.6 is 0 Å². The molecule has 2 unspecified atom stereocenters. The molecular formula is C14H26N2O3. The van der Waals surface area contributed by atoms with Gasteiger partial charge in [-0.1, -0.05) is 26.2 Å². The van der Waals surface area contributed by atoms with Gasteiger partial charge in [0.2, 0.25) is 0 Å². The van der Waals surface area contributed by atoms with E-state index >= 15 is 0 Å². The van der Waals surface area contributed by atoms with Crippen molar-refractivity contribution in [2.24, 2.45) is 5.92 Å². The fourth-order valence-electron chi connectivity index (χ4n) is 2.79. The standard InChI is InChI=1S/C14H26N2O3/c1-4-9-14(3,12(17)18)16-13(19)15-10(2)11-7-5-6-8-11/h10-11H,4-9H2,1-3H3,(H,17,18)(H2,15,16,19). The van der Waals surface area contributed by atoms with Crippen molar-refractivity contribution in [1.82, 2.24) is 10.6 Å². The van der Waals surface area contributed by atoms with Gasteiger partial charge in [0, 0.05) is 6.04 Å².